The number of rotatable bonds is 2. The number of furan rings is 1. The van der Waals surface area contributed by atoms with Crippen molar-refractivity contribution in [2.75, 3.05) is 0 Å². The first-order chi connectivity index (χ1) is 14.2. The fourth-order valence-corrected chi connectivity index (χ4v) is 4.09. The minimum absolute atomic E-state index is 0.0758. The van der Waals surface area contributed by atoms with Crippen molar-refractivity contribution in [2.45, 2.75) is 0 Å². The smallest absolute Gasteiger partial charge is 0.266 e. The maximum atomic E-state index is 12.8. The summed E-state index contributed by atoms with van der Waals surface area (Å²) in [5, 5.41) is 4.32. The molecular formula is C22H10N2O4S. The molecule has 0 spiro atoms. The highest BCUT2D eigenvalue weighted by Crippen LogP contribution is 2.33. The minimum Gasteiger partial charge on any atom is -0.436 e. The Bertz CT molecular complexity index is 1400. The fraction of sp³-hybridized carbons (Fsp3) is 0. The summed E-state index contributed by atoms with van der Waals surface area (Å²) >= 11 is 1.41. The van der Waals surface area contributed by atoms with Crippen LogP contribution in [0, 0.1) is 0 Å². The summed E-state index contributed by atoms with van der Waals surface area (Å²) in [6.45, 7) is 0. The van der Waals surface area contributed by atoms with Gasteiger partial charge >= 0.3 is 0 Å². The minimum atomic E-state index is -0.305. The Hall–Kier alpha value is -3.84. The number of nitrogens with zero attached hydrogens (tertiary/aromatic N) is 2. The molecule has 0 N–H and O–H groups in total. The molecule has 6 nitrogen and oxygen atoms in total. The van der Waals surface area contributed by atoms with Crippen LogP contribution >= 0.6 is 11.3 Å². The van der Waals surface area contributed by atoms with Crippen LogP contribution in [0.5, 0.6) is 0 Å². The van der Waals surface area contributed by atoms with Crippen molar-refractivity contribution < 1.29 is 18.4 Å². The molecular weight excluding hydrogens is 388 g/mol. The number of Topliss-reactive ketones (excluding diaryl/α,β-unsaturated/α-hetero) is 2. The maximum Gasteiger partial charge on any atom is 0.266 e. The second-order valence-corrected chi connectivity index (χ2v) is 7.53. The van der Waals surface area contributed by atoms with Gasteiger partial charge in [-0.3, -0.25) is 9.59 Å². The summed E-state index contributed by atoms with van der Waals surface area (Å²) in [6, 6.07) is 12.8. The fourth-order valence-electron chi connectivity index (χ4n) is 3.53. The summed E-state index contributed by atoms with van der Waals surface area (Å²) in [6.07, 6.45) is 3.12. The zero-order valence-corrected chi connectivity index (χ0v) is 15.5. The first kappa shape index (κ1) is 16.1. The van der Waals surface area contributed by atoms with Gasteiger partial charge in [0.15, 0.2) is 22.2 Å². The van der Waals surface area contributed by atoms with E-state index in [1.807, 2.05) is 29.6 Å². The van der Waals surface area contributed by atoms with E-state index in [0.29, 0.717) is 39.1 Å². The lowest BCUT2D eigenvalue weighted by Crippen LogP contribution is -1.99. The van der Waals surface area contributed by atoms with E-state index in [4.69, 9.17) is 8.83 Å². The van der Waals surface area contributed by atoms with Gasteiger partial charge in [-0.05, 0) is 29.0 Å². The van der Waals surface area contributed by atoms with Crippen molar-refractivity contribution in [3.63, 3.8) is 0 Å². The summed E-state index contributed by atoms with van der Waals surface area (Å²) in [5.74, 6) is 0.103. The molecule has 7 heteroatoms. The summed E-state index contributed by atoms with van der Waals surface area (Å²) in [5.41, 5.74) is 1.64. The molecule has 0 amide bonds. The molecule has 0 atom stereocenters. The molecule has 0 aliphatic heterocycles. The first-order valence-electron chi connectivity index (χ1n) is 8.81. The largest absolute Gasteiger partial charge is 0.436 e. The molecule has 6 rings (SSSR count). The van der Waals surface area contributed by atoms with Crippen LogP contribution in [0.3, 0.4) is 0 Å². The van der Waals surface area contributed by atoms with Crippen LogP contribution in [0.2, 0.25) is 0 Å². The van der Waals surface area contributed by atoms with Crippen LogP contribution < -0.4 is 0 Å². The average Bonchev–Trinajstić information content (AvgIpc) is 3.48. The van der Waals surface area contributed by atoms with Gasteiger partial charge in [-0.25, -0.2) is 4.98 Å². The number of hydrogen-bond donors (Lipinski definition) is 0. The molecule has 0 fully saturated rings. The molecule has 2 aromatic carbocycles. The van der Waals surface area contributed by atoms with Crippen LogP contribution in [0.1, 0.15) is 26.5 Å². The molecule has 29 heavy (non-hydrogen) atoms. The number of ketones is 2. The van der Waals surface area contributed by atoms with E-state index >= 15 is 0 Å². The topological polar surface area (TPSA) is 86.2 Å². The van der Waals surface area contributed by atoms with E-state index in [1.165, 1.54) is 17.4 Å². The molecule has 3 heterocycles. The van der Waals surface area contributed by atoms with E-state index in [0.717, 1.165) is 10.8 Å². The lowest BCUT2D eigenvalue weighted by molar-refractivity contribution is 0.0990. The van der Waals surface area contributed by atoms with Gasteiger partial charge < -0.3 is 8.83 Å². The lowest BCUT2D eigenvalue weighted by atomic mass is 10.0. The van der Waals surface area contributed by atoms with Crippen LogP contribution in [-0.4, -0.2) is 21.5 Å². The zero-order chi connectivity index (χ0) is 19.5. The number of hydrogen-bond acceptors (Lipinski definition) is 7. The standard InChI is InChI=1S/C22H10N2O4S/c25-18-14-7-11-3-1-2-4-12(11)8-15(14)19(26)16(18)9-13-10-17-20(27-13)24-21(28-17)22-23-5-6-29-22/h1-10H. The predicted octanol–water partition coefficient (Wildman–Crippen LogP) is 5.16. The Labute approximate surface area is 167 Å². The molecule has 0 saturated heterocycles. The van der Waals surface area contributed by atoms with Crippen molar-refractivity contribution in [2.24, 2.45) is 0 Å². The van der Waals surface area contributed by atoms with Gasteiger partial charge in [0, 0.05) is 28.8 Å². The number of benzene rings is 2. The molecule has 5 aromatic rings. The predicted molar refractivity (Wildman–Crippen MR) is 108 cm³/mol. The Morgan fingerprint density at radius 2 is 1.66 bits per heavy atom. The third kappa shape index (κ3) is 2.41. The number of fused-ring (bicyclic) bond motifs is 3. The zero-order valence-electron chi connectivity index (χ0n) is 14.7. The molecule has 3 aromatic heterocycles. The number of aromatic nitrogens is 2. The number of oxazole rings is 1. The van der Waals surface area contributed by atoms with Crippen LogP contribution in [0.4, 0.5) is 0 Å². The molecule has 1 aliphatic rings. The highest BCUT2D eigenvalue weighted by molar-refractivity contribution is 7.12. The van der Waals surface area contributed by atoms with Crippen molar-refractivity contribution in [3.8, 4) is 10.9 Å². The van der Waals surface area contributed by atoms with E-state index in [-0.39, 0.29) is 17.1 Å². The van der Waals surface area contributed by atoms with Gasteiger partial charge in [-0.15, -0.1) is 11.3 Å². The second-order valence-electron chi connectivity index (χ2n) is 6.64. The first-order valence-corrected chi connectivity index (χ1v) is 9.69. The summed E-state index contributed by atoms with van der Waals surface area (Å²) in [4.78, 5) is 34.1. The summed E-state index contributed by atoms with van der Waals surface area (Å²) < 4.78 is 11.3. The highest BCUT2D eigenvalue weighted by Gasteiger charge is 2.33. The molecule has 138 valence electrons. The molecule has 0 unspecified atom stereocenters. The Kier molecular flexibility index (Phi) is 3.24. The van der Waals surface area contributed by atoms with Crippen molar-refractivity contribution in [3.05, 3.63) is 76.5 Å². The van der Waals surface area contributed by atoms with Crippen LogP contribution in [-0.2, 0) is 0 Å². The molecule has 0 bridgehead atoms. The number of carbonyl (C=O) groups excluding carboxylic acids is 2. The second kappa shape index (κ2) is 5.83. The summed E-state index contributed by atoms with van der Waals surface area (Å²) in [7, 11) is 0. The van der Waals surface area contributed by atoms with Gasteiger partial charge in [0.2, 0.25) is 0 Å². The van der Waals surface area contributed by atoms with Gasteiger partial charge in [0.25, 0.3) is 11.6 Å². The average molecular weight is 398 g/mol. The van der Waals surface area contributed by atoms with Gasteiger partial charge in [0.05, 0.1) is 5.57 Å². The van der Waals surface area contributed by atoms with Gasteiger partial charge in [-0.1, -0.05) is 24.3 Å². The van der Waals surface area contributed by atoms with Gasteiger partial charge in [-0.2, -0.15) is 4.98 Å². The monoisotopic (exact) mass is 398 g/mol. The third-order valence-corrected chi connectivity index (χ3v) is 5.64. The molecule has 0 saturated carbocycles. The number of carbonyl (C=O) groups is 2. The normalized spacial score (nSPS) is 13.6. The van der Waals surface area contributed by atoms with E-state index in [2.05, 4.69) is 9.97 Å². The van der Waals surface area contributed by atoms with Crippen LogP contribution in [0.15, 0.2) is 68.4 Å². The number of thiazole rings is 1. The van der Waals surface area contributed by atoms with Crippen molar-refractivity contribution >= 4 is 51.0 Å². The highest BCUT2D eigenvalue weighted by atomic mass is 32.1. The Morgan fingerprint density at radius 3 is 2.28 bits per heavy atom. The van der Waals surface area contributed by atoms with E-state index in [9.17, 15) is 9.59 Å². The SMILES string of the molecule is O=C1C(=Cc2cc3oc(-c4nccs4)nc3o2)C(=O)c2cc3ccccc3cc21. The van der Waals surface area contributed by atoms with Crippen LogP contribution in [0.25, 0.3) is 39.0 Å². The lowest BCUT2D eigenvalue weighted by Gasteiger charge is -2.00. The van der Waals surface area contributed by atoms with Gasteiger partial charge in [0.1, 0.15) is 5.76 Å². The molecule has 0 radical (unpaired) electrons. The van der Waals surface area contributed by atoms with E-state index < -0.39 is 0 Å². The maximum absolute atomic E-state index is 12.8. The third-order valence-electron chi connectivity index (χ3n) is 4.87. The van der Waals surface area contributed by atoms with E-state index in [1.54, 1.807) is 24.4 Å². The Balaban J connectivity index is 1.41. The van der Waals surface area contributed by atoms with Crippen molar-refractivity contribution in [1.29, 1.82) is 0 Å². The quantitative estimate of drug-likeness (QED) is 0.302. The number of allylic oxidation sites excluding steroid dienone is 1. The Morgan fingerprint density at radius 1 is 0.931 bits per heavy atom. The molecule has 1 aliphatic carbocycles. The van der Waals surface area contributed by atoms with Crippen molar-refractivity contribution in [1.82, 2.24) is 9.97 Å².